The second-order valence-corrected chi connectivity index (χ2v) is 9.01. The third kappa shape index (κ3) is 4.45. The molecule has 0 aliphatic carbocycles. The molecule has 0 unspecified atom stereocenters. The van der Waals surface area contributed by atoms with Crippen LogP contribution in [0.4, 0.5) is 11.4 Å². The molecule has 5 rings (SSSR count). The fourth-order valence-electron chi connectivity index (χ4n) is 4.87. The quantitative estimate of drug-likeness (QED) is 0.411. The topological polar surface area (TPSA) is 106 Å². The number of hydroxylamine groups is 1. The van der Waals surface area contributed by atoms with Gasteiger partial charge in [0.25, 0.3) is 5.91 Å². The number of para-hydroxylation sites is 1. The Hall–Kier alpha value is -4.37. The van der Waals surface area contributed by atoms with E-state index in [1.807, 2.05) is 62.4 Å². The Morgan fingerprint density at radius 1 is 0.895 bits per heavy atom. The fourth-order valence-corrected chi connectivity index (χ4v) is 4.87. The molecule has 2 amide bonds. The monoisotopic (exact) mass is 516 g/mol. The Morgan fingerprint density at radius 3 is 2.29 bits per heavy atom. The zero-order valence-corrected chi connectivity index (χ0v) is 21.1. The average molecular weight is 517 g/mol. The van der Waals surface area contributed by atoms with Gasteiger partial charge in [-0.3, -0.25) is 14.4 Å². The molecule has 38 heavy (non-hydrogen) atoms. The molecule has 2 fully saturated rings. The number of benzene rings is 3. The van der Waals surface area contributed by atoms with E-state index in [0.29, 0.717) is 36.1 Å². The van der Waals surface area contributed by atoms with Gasteiger partial charge in [0.15, 0.2) is 17.6 Å². The van der Waals surface area contributed by atoms with E-state index in [1.165, 1.54) is 24.3 Å². The highest BCUT2D eigenvalue weighted by molar-refractivity contribution is 6.24. The van der Waals surface area contributed by atoms with Crippen molar-refractivity contribution in [2.75, 3.05) is 23.2 Å². The number of aromatic carboxylic acids is 1. The van der Waals surface area contributed by atoms with Gasteiger partial charge in [-0.2, -0.15) is 0 Å². The predicted molar refractivity (Wildman–Crippen MR) is 139 cm³/mol. The van der Waals surface area contributed by atoms with Crippen molar-refractivity contribution in [3.05, 3.63) is 83.9 Å². The van der Waals surface area contributed by atoms with Gasteiger partial charge in [-0.05, 0) is 67.4 Å². The van der Waals surface area contributed by atoms with Crippen LogP contribution in [0.3, 0.4) is 0 Å². The largest absolute Gasteiger partial charge is 0.490 e. The Kier molecular flexibility index (Phi) is 7.02. The van der Waals surface area contributed by atoms with Gasteiger partial charge in [-0.25, -0.2) is 14.8 Å². The summed E-state index contributed by atoms with van der Waals surface area (Å²) in [5, 5.41) is 10.8. The number of rotatable bonds is 9. The van der Waals surface area contributed by atoms with Crippen molar-refractivity contribution in [1.82, 2.24) is 0 Å². The number of hydrogen-bond donors (Lipinski definition) is 1. The second kappa shape index (κ2) is 10.5. The summed E-state index contributed by atoms with van der Waals surface area (Å²) in [6.45, 7) is 4.87. The first-order chi connectivity index (χ1) is 18.4. The molecule has 2 aliphatic heterocycles. The van der Waals surface area contributed by atoms with Crippen LogP contribution in [0.25, 0.3) is 0 Å². The molecule has 0 bridgehead atoms. The Balaban J connectivity index is 1.55. The summed E-state index contributed by atoms with van der Waals surface area (Å²) < 4.78 is 11.7. The van der Waals surface area contributed by atoms with Gasteiger partial charge in [0, 0.05) is 0 Å². The van der Waals surface area contributed by atoms with Crippen LogP contribution in [0.2, 0.25) is 0 Å². The van der Waals surface area contributed by atoms with Crippen molar-refractivity contribution in [2.45, 2.75) is 32.4 Å². The molecule has 2 heterocycles. The van der Waals surface area contributed by atoms with Gasteiger partial charge in [0.2, 0.25) is 5.91 Å². The van der Waals surface area contributed by atoms with E-state index in [0.717, 1.165) is 16.9 Å². The van der Waals surface area contributed by atoms with Crippen molar-refractivity contribution in [1.29, 1.82) is 0 Å². The Morgan fingerprint density at radius 2 is 1.63 bits per heavy atom. The van der Waals surface area contributed by atoms with Crippen molar-refractivity contribution in [3.63, 3.8) is 0 Å². The van der Waals surface area contributed by atoms with Crippen LogP contribution in [-0.2, 0) is 14.4 Å². The molecule has 9 nitrogen and oxygen atoms in total. The molecule has 0 spiro atoms. The summed E-state index contributed by atoms with van der Waals surface area (Å²) in [5.74, 6) is -1.69. The average Bonchev–Trinajstić information content (AvgIpc) is 3.44. The molecule has 3 aromatic rings. The van der Waals surface area contributed by atoms with Gasteiger partial charge in [-0.1, -0.05) is 31.2 Å². The summed E-state index contributed by atoms with van der Waals surface area (Å²) in [4.78, 5) is 45.9. The van der Waals surface area contributed by atoms with Crippen molar-refractivity contribution in [2.24, 2.45) is 5.92 Å². The molecule has 1 N–H and O–H groups in total. The third-order valence-electron chi connectivity index (χ3n) is 6.57. The van der Waals surface area contributed by atoms with E-state index < -0.39 is 35.8 Å². The van der Waals surface area contributed by atoms with E-state index in [1.54, 1.807) is 5.06 Å². The van der Waals surface area contributed by atoms with Crippen LogP contribution in [-0.4, -0.2) is 42.2 Å². The minimum atomic E-state index is -1.09. The summed E-state index contributed by atoms with van der Waals surface area (Å²) >= 11 is 0. The smallest absolute Gasteiger partial charge is 0.335 e. The van der Waals surface area contributed by atoms with Crippen LogP contribution < -0.4 is 19.4 Å². The van der Waals surface area contributed by atoms with Crippen LogP contribution >= 0.6 is 0 Å². The number of fused-ring (bicyclic) bond motifs is 1. The third-order valence-corrected chi connectivity index (χ3v) is 6.57. The Bertz CT molecular complexity index is 1340. The molecular formula is C29H28N2O7. The van der Waals surface area contributed by atoms with Gasteiger partial charge in [0.05, 0.1) is 36.2 Å². The van der Waals surface area contributed by atoms with Crippen LogP contribution in [0.15, 0.2) is 72.8 Å². The van der Waals surface area contributed by atoms with Crippen LogP contribution in [0.5, 0.6) is 11.5 Å². The maximum Gasteiger partial charge on any atom is 0.335 e. The van der Waals surface area contributed by atoms with Crippen molar-refractivity contribution in [3.8, 4) is 11.5 Å². The first-order valence-corrected chi connectivity index (χ1v) is 12.6. The lowest BCUT2D eigenvalue weighted by Gasteiger charge is -2.29. The van der Waals surface area contributed by atoms with Crippen LogP contribution in [0, 0.1) is 5.92 Å². The minimum Gasteiger partial charge on any atom is -0.490 e. The standard InChI is InChI=1S/C29H28N2O7/c1-3-16-37-22-15-12-19(17-23(22)36-4-2)25-24-26(38-31(25)21-8-6-5-7-9-21)28(33)30(27(24)32)20-13-10-18(11-14-20)29(34)35/h5-15,17,24-26H,3-4,16H2,1-2H3,(H,34,35)/t24-,25+,26+/m1/s1. The van der Waals surface area contributed by atoms with Crippen molar-refractivity contribution < 1.29 is 33.8 Å². The number of carboxylic acids is 1. The summed E-state index contributed by atoms with van der Waals surface area (Å²) in [5.41, 5.74) is 1.80. The molecular weight excluding hydrogens is 488 g/mol. The molecule has 3 atom stereocenters. The predicted octanol–water partition coefficient (Wildman–Crippen LogP) is 4.62. The van der Waals surface area contributed by atoms with Gasteiger partial charge < -0.3 is 14.6 Å². The zero-order chi connectivity index (χ0) is 26.8. The number of hydrogen-bond acceptors (Lipinski definition) is 7. The van der Waals surface area contributed by atoms with E-state index in [-0.39, 0.29) is 5.56 Å². The molecule has 2 saturated heterocycles. The number of ether oxygens (including phenoxy) is 2. The molecule has 0 aromatic heterocycles. The molecule has 3 aromatic carbocycles. The lowest BCUT2D eigenvalue weighted by molar-refractivity contribution is -0.126. The first-order valence-electron chi connectivity index (χ1n) is 12.6. The summed E-state index contributed by atoms with van der Waals surface area (Å²) in [7, 11) is 0. The van der Waals surface area contributed by atoms with E-state index >= 15 is 0 Å². The lowest BCUT2D eigenvalue weighted by atomic mass is 9.90. The maximum absolute atomic E-state index is 13.8. The number of imide groups is 1. The number of anilines is 2. The van der Waals surface area contributed by atoms with Crippen LogP contribution in [0.1, 0.15) is 42.2 Å². The molecule has 196 valence electrons. The maximum atomic E-state index is 13.8. The first kappa shape index (κ1) is 25.3. The number of nitrogens with zero attached hydrogens (tertiary/aromatic N) is 2. The number of amides is 2. The van der Waals surface area contributed by atoms with Crippen molar-refractivity contribution >= 4 is 29.2 Å². The highest BCUT2D eigenvalue weighted by Gasteiger charge is 2.60. The highest BCUT2D eigenvalue weighted by Crippen LogP contribution is 2.48. The molecule has 9 heteroatoms. The van der Waals surface area contributed by atoms with E-state index in [9.17, 15) is 19.5 Å². The highest BCUT2D eigenvalue weighted by atomic mass is 16.7. The molecule has 0 saturated carbocycles. The normalized spacial score (nSPS) is 20.5. The molecule has 2 aliphatic rings. The molecule has 0 radical (unpaired) electrons. The van der Waals surface area contributed by atoms with Gasteiger partial charge in [0.1, 0.15) is 5.92 Å². The number of carboxylic acid groups (broad SMARTS) is 1. The number of carbonyl (C=O) groups excluding carboxylic acids is 2. The lowest BCUT2D eigenvalue weighted by Crippen LogP contribution is -2.37. The van der Waals surface area contributed by atoms with E-state index in [2.05, 4.69) is 0 Å². The Labute approximate surface area is 220 Å². The zero-order valence-electron chi connectivity index (χ0n) is 21.1. The van der Waals surface area contributed by atoms with E-state index in [4.69, 9.17) is 14.3 Å². The van der Waals surface area contributed by atoms with Gasteiger partial charge in [-0.15, -0.1) is 0 Å². The summed E-state index contributed by atoms with van der Waals surface area (Å²) in [6.07, 6.45) is -0.201. The number of carbonyl (C=O) groups is 3. The summed E-state index contributed by atoms with van der Waals surface area (Å²) in [6, 6.07) is 19.8. The SMILES string of the molecule is CCCOc1ccc([C@H]2[C@H]3C(=O)N(c4ccc(C(=O)O)cc4)C(=O)[C@H]3ON2c2ccccc2)cc1OCC. The fraction of sp³-hybridized carbons (Fsp3) is 0.276. The second-order valence-electron chi connectivity index (χ2n) is 9.01. The van der Waals surface area contributed by atoms with Gasteiger partial charge >= 0.3 is 5.97 Å². The minimum absolute atomic E-state index is 0.0613.